The number of halogens is 1. The van der Waals surface area contributed by atoms with Gasteiger partial charge in [0, 0.05) is 17.7 Å². The molecule has 0 aliphatic heterocycles. The molecule has 0 aliphatic rings. The second kappa shape index (κ2) is 7.32. The van der Waals surface area contributed by atoms with E-state index in [0.717, 1.165) is 10.0 Å². The second-order valence-electron chi connectivity index (χ2n) is 5.17. The largest absolute Gasteiger partial charge is 0.481 e. The Morgan fingerprint density at radius 3 is 2.43 bits per heavy atom. The predicted octanol–water partition coefficient (Wildman–Crippen LogP) is 2.32. The minimum atomic E-state index is -0.738. The van der Waals surface area contributed by atoms with Crippen molar-refractivity contribution in [3.63, 3.8) is 0 Å². The fourth-order valence-corrected chi connectivity index (χ4v) is 2.43. The molecule has 122 valence electrons. The average Bonchev–Trinajstić information content (AvgIpc) is 2.85. The summed E-state index contributed by atoms with van der Waals surface area (Å²) in [6, 6.07) is 9.04. The summed E-state index contributed by atoms with van der Waals surface area (Å²) < 4.78 is 7.96. The fraction of sp³-hybridized carbons (Fsp3) is 0.250. The van der Waals surface area contributed by atoms with Gasteiger partial charge in [0.1, 0.15) is 11.4 Å². The molecule has 2 rings (SSSR count). The fourth-order valence-electron chi connectivity index (χ4n) is 1.91. The molecule has 1 aromatic heterocycles. The van der Waals surface area contributed by atoms with Crippen molar-refractivity contribution in [3.8, 4) is 5.75 Å². The second-order valence-corrected chi connectivity index (χ2v) is 6.09. The summed E-state index contributed by atoms with van der Waals surface area (Å²) in [5, 5.41) is 0. The van der Waals surface area contributed by atoms with Crippen LogP contribution in [0.2, 0.25) is 0 Å². The summed E-state index contributed by atoms with van der Waals surface area (Å²) in [6.45, 7) is 3.58. The molecule has 0 bridgehead atoms. The summed E-state index contributed by atoms with van der Waals surface area (Å²) in [5.74, 6) is -0.253. The van der Waals surface area contributed by atoms with Crippen molar-refractivity contribution < 1.29 is 14.3 Å². The molecule has 2 N–H and O–H groups in total. The Morgan fingerprint density at radius 1 is 1.22 bits per heavy atom. The zero-order valence-electron chi connectivity index (χ0n) is 13.1. The summed E-state index contributed by atoms with van der Waals surface area (Å²) in [4.78, 5) is 24.0. The highest BCUT2D eigenvalue weighted by atomic mass is 79.9. The highest BCUT2D eigenvalue weighted by molar-refractivity contribution is 9.10. The molecule has 1 heterocycles. The van der Waals surface area contributed by atoms with E-state index in [1.165, 1.54) is 0 Å². The number of benzene rings is 1. The van der Waals surface area contributed by atoms with Crippen LogP contribution >= 0.6 is 15.9 Å². The molecule has 1 aromatic carbocycles. The van der Waals surface area contributed by atoms with Crippen LogP contribution in [0.3, 0.4) is 0 Å². The van der Waals surface area contributed by atoms with Crippen LogP contribution in [0.25, 0.3) is 0 Å². The maximum absolute atomic E-state index is 12.0. The van der Waals surface area contributed by atoms with Crippen LogP contribution in [0.5, 0.6) is 5.75 Å². The van der Waals surface area contributed by atoms with Crippen LogP contribution < -0.4 is 15.6 Å². The highest BCUT2D eigenvalue weighted by Crippen LogP contribution is 2.14. The van der Waals surface area contributed by atoms with Gasteiger partial charge >= 0.3 is 0 Å². The van der Waals surface area contributed by atoms with Gasteiger partial charge in [0.15, 0.2) is 6.10 Å². The van der Waals surface area contributed by atoms with E-state index in [-0.39, 0.29) is 0 Å². The van der Waals surface area contributed by atoms with Crippen LogP contribution in [0, 0.1) is 6.92 Å². The number of aromatic nitrogens is 1. The van der Waals surface area contributed by atoms with Gasteiger partial charge in [-0.2, -0.15) is 0 Å². The first kappa shape index (κ1) is 17.1. The summed E-state index contributed by atoms with van der Waals surface area (Å²) in [6.07, 6.45) is 1.01. The summed E-state index contributed by atoms with van der Waals surface area (Å²) in [7, 11) is 1.74. The molecule has 7 heteroatoms. The Kier molecular flexibility index (Phi) is 5.44. The normalized spacial score (nSPS) is 11.7. The van der Waals surface area contributed by atoms with Crippen molar-refractivity contribution in [2.24, 2.45) is 7.05 Å². The third-order valence-electron chi connectivity index (χ3n) is 3.21. The molecular formula is C16H18BrN3O3. The molecule has 0 fully saturated rings. The first-order valence-electron chi connectivity index (χ1n) is 7.02. The van der Waals surface area contributed by atoms with Crippen LogP contribution in [0.4, 0.5) is 0 Å². The SMILES string of the molecule is Cc1ccc(OC(C)C(=O)NNC(=O)c2cc(Br)cn2C)cc1. The van der Waals surface area contributed by atoms with Crippen molar-refractivity contribution in [3.05, 3.63) is 52.3 Å². The lowest BCUT2D eigenvalue weighted by atomic mass is 10.2. The van der Waals surface area contributed by atoms with Gasteiger partial charge in [-0.1, -0.05) is 17.7 Å². The minimum absolute atomic E-state index is 0.408. The van der Waals surface area contributed by atoms with Crippen molar-refractivity contribution in [1.82, 2.24) is 15.4 Å². The summed E-state index contributed by atoms with van der Waals surface area (Å²) in [5.41, 5.74) is 6.25. The average molecular weight is 380 g/mol. The number of carbonyl (C=O) groups excluding carboxylic acids is 2. The van der Waals surface area contributed by atoms with Gasteiger partial charge in [0.2, 0.25) is 0 Å². The third kappa shape index (κ3) is 4.59. The van der Waals surface area contributed by atoms with Crippen molar-refractivity contribution in [1.29, 1.82) is 0 Å². The molecule has 2 aromatic rings. The first-order valence-corrected chi connectivity index (χ1v) is 7.81. The van der Waals surface area contributed by atoms with E-state index in [1.54, 1.807) is 42.9 Å². The number of aryl methyl sites for hydroxylation is 2. The van der Waals surface area contributed by atoms with Gasteiger partial charge in [-0.25, -0.2) is 0 Å². The molecule has 0 radical (unpaired) electrons. The van der Waals surface area contributed by atoms with Crippen LogP contribution in [0.15, 0.2) is 41.0 Å². The molecule has 0 aliphatic carbocycles. The molecule has 1 unspecified atom stereocenters. The Bertz CT molecular complexity index is 710. The molecular weight excluding hydrogens is 362 g/mol. The zero-order valence-corrected chi connectivity index (χ0v) is 14.7. The Labute approximate surface area is 142 Å². The molecule has 2 amide bonds. The van der Waals surface area contributed by atoms with Gasteiger partial charge in [-0.05, 0) is 48.0 Å². The monoisotopic (exact) mass is 379 g/mol. The number of nitrogens with zero attached hydrogens (tertiary/aromatic N) is 1. The lowest BCUT2D eigenvalue weighted by molar-refractivity contribution is -0.128. The number of amides is 2. The van der Waals surface area contributed by atoms with Gasteiger partial charge in [-0.3, -0.25) is 20.4 Å². The Morgan fingerprint density at radius 2 is 1.87 bits per heavy atom. The minimum Gasteiger partial charge on any atom is -0.481 e. The number of rotatable bonds is 4. The molecule has 23 heavy (non-hydrogen) atoms. The lowest BCUT2D eigenvalue weighted by Gasteiger charge is -2.15. The lowest BCUT2D eigenvalue weighted by Crippen LogP contribution is -2.47. The number of hydrogen-bond donors (Lipinski definition) is 2. The summed E-state index contributed by atoms with van der Waals surface area (Å²) >= 11 is 3.29. The predicted molar refractivity (Wildman–Crippen MR) is 90.0 cm³/mol. The molecule has 0 saturated heterocycles. The topological polar surface area (TPSA) is 72.4 Å². The van der Waals surface area contributed by atoms with E-state index >= 15 is 0 Å². The number of hydrazine groups is 1. The van der Waals surface area contributed by atoms with Crippen LogP contribution in [0.1, 0.15) is 23.0 Å². The first-order chi connectivity index (χ1) is 10.9. The standard InChI is InChI=1S/C16H18BrN3O3/c1-10-4-6-13(7-5-10)23-11(2)15(21)18-19-16(22)14-8-12(17)9-20(14)3/h4-9,11H,1-3H3,(H,18,21)(H,19,22). The van der Waals surface area contributed by atoms with Crippen molar-refractivity contribution in [2.75, 3.05) is 0 Å². The van der Waals surface area contributed by atoms with E-state index in [9.17, 15) is 9.59 Å². The maximum atomic E-state index is 12.0. The number of carbonyl (C=O) groups is 2. The van der Waals surface area contributed by atoms with Gasteiger partial charge in [0.25, 0.3) is 11.8 Å². The van der Waals surface area contributed by atoms with Gasteiger partial charge < -0.3 is 9.30 Å². The van der Waals surface area contributed by atoms with E-state index in [4.69, 9.17) is 4.74 Å². The third-order valence-corrected chi connectivity index (χ3v) is 3.64. The van der Waals surface area contributed by atoms with E-state index in [1.807, 2.05) is 19.1 Å². The van der Waals surface area contributed by atoms with Gasteiger partial charge in [-0.15, -0.1) is 0 Å². The van der Waals surface area contributed by atoms with Gasteiger partial charge in [0.05, 0.1) is 0 Å². The number of nitrogens with one attached hydrogen (secondary N) is 2. The molecule has 6 nitrogen and oxygen atoms in total. The van der Waals surface area contributed by atoms with Crippen LogP contribution in [-0.2, 0) is 11.8 Å². The van der Waals surface area contributed by atoms with Crippen molar-refractivity contribution >= 4 is 27.7 Å². The maximum Gasteiger partial charge on any atom is 0.286 e. The quantitative estimate of drug-likeness (QED) is 0.800. The number of hydrogen-bond acceptors (Lipinski definition) is 3. The Balaban J connectivity index is 1.87. The molecule has 1 atom stereocenters. The van der Waals surface area contributed by atoms with E-state index in [0.29, 0.717) is 11.4 Å². The zero-order chi connectivity index (χ0) is 17.0. The molecule has 0 saturated carbocycles. The van der Waals surface area contributed by atoms with E-state index in [2.05, 4.69) is 26.8 Å². The smallest absolute Gasteiger partial charge is 0.286 e. The van der Waals surface area contributed by atoms with Crippen molar-refractivity contribution in [2.45, 2.75) is 20.0 Å². The molecule has 0 spiro atoms. The highest BCUT2D eigenvalue weighted by Gasteiger charge is 2.17. The Hall–Kier alpha value is -2.28. The van der Waals surface area contributed by atoms with Crippen LogP contribution in [-0.4, -0.2) is 22.5 Å². The number of ether oxygens (including phenoxy) is 1. The van der Waals surface area contributed by atoms with E-state index < -0.39 is 17.9 Å².